The maximum absolute atomic E-state index is 12.1. The smallest absolute Gasteiger partial charge is 0.352 e. The van der Waals surface area contributed by atoms with Crippen LogP contribution in [0.2, 0.25) is 0 Å². The number of nitrogens with zero attached hydrogens (tertiary/aromatic N) is 1. The summed E-state index contributed by atoms with van der Waals surface area (Å²) in [6.07, 6.45) is 0.691. The highest BCUT2D eigenvalue weighted by atomic mass is 16.6. The fourth-order valence-electron chi connectivity index (χ4n) is 2.83. The molecule has 1 aliphatic rings. The molecular weight excluding hydrogens is 276 g/mol. The highest BCUT2D eigenvalue weighted by molar-refractivity contribution is 6.13. The topological polar surface area (TPSA) is 116 Å². The van der Waals surface area contributed by atoms with Crippen LogP contribution in [0.15, 0.2) is 23.0 Å². The van der Waals surface area contributed by atoms with Crippen LogP contribution in [-0.2, 0) is 6.42 Å². The monoisotopic (exact) mass is 284 g/mol. The number of nitrogens with one attached hydrogen (secondary N) is 1. The van der Waals surface area contributed by atoms with Gasteiger partial charge in [-0.05, 0) is 23.6 Å². The van der Waals surface area contributed by atoms with Crippen LogP contribution >= 0.6 is 0 Å². The van der Waals surface area contributed by atoms with Gasteiger partial charge in [0.1, 0.15) is 0 Å². The van der Waals surface area contributed by atoms with Crippen LogP contribution in [0.3, 0.4) is 0 Å². The lowest BCUT2D eigenvalue weighted by Crippen LogP contribution is -2.06. The number of pyridine rings is 1. The van der Waals surface area contributed by atoms with Gasteiger partial charge in [0, 0.05) is 16.8 Å². The standard InChI is InChI=1S/C14H8N2O5/c17-9-4-8-11(13(18)12(9)16(20)21)10-6(14(19)15-8)2-1-5-3-7(5)10/h1-2,4,17-18H,3H2,(H,15,19). The molecule has 1 heterocycles. The first-order chi connectivity index (χ1) is 9.99. The Balaban J connectivity index is 2.34. The molecule has 0 aliphatic heterocycles. The molecule has 0 saturated carbocycles. The molecule has 21 heavy (non-hydrogen) atoms. The van der Waals surface area contributed by atoms with E-state index in [1.807, 2.05) is 6.07 Å². The number of aromatic amines is 1. The van der Waals surface area contributed by atoms with E-state index in [9.17, 15) is 25.1 Å². The van der Waals surface area contributed by atoms with E-state index in [0.29, 0.717) is 17.2 Å². The number of fused-ring (bicyclic) bond motifs is 5. The fraction of sp³-hybridized carbons (Fsp3) is 0.0714. The minimum Gasteiger partial charge on any atom is -0.502 e. The van der Waals surface area contributed by atoms with Gasteiger partial charge in [0.15, 0.2) is 0 Å². The van der Waals surface area contributed by atoms with Crippen molar-refractivity contribution in [1.29, 1.82) is 0 Å². The second-order valence-electron chi connectivity index (χ2n) is 5.03. The van der Waals surface area contributed by atoms with Gasteiger partial charge in [0.2, 0.25) is 11.5 Å². The van der Waals surface area contributed by atoms with Crippen LogP contribution in [0.5, 0.6) is 11.5 Å². The lowest BCUT2D eigenvalue weighted by Gasteiger charge is -2.07. The second kappa shape index (κ2) is 3.51. The Hall–Kier alpha value is -3.09. The predicted molar refractivity (Wildman–Crippen MR) is 74.9 cm³/mol. The number of aromatic hydroxyl groups is 2. The summed E-state index contributed by atoms with van der Waals surface area (Å²) >= 11 is 0. The quantitative estimate of drug-likeness (QED) is 0.280. The van der Waals surface area contributed by atoms with E-state index in [0.717, 1.165) is 17.2 Å². The number of nitro groups is 1. The summed E-state index contributed by atoms with van der Waals surface area (Å²) in [6, 6.07) is 4.55. The third-order valence-electron chi connectivity index (χ3n) is 3.83. The molecule has 7 heteroatoms. The van der Waals surface area contributed by atoms with Gasteiger partial charge >= 0.3 is 5.69 Å². The molecule has 0 amide bonds. The van der Waals surface area contributed by atoms with Gasteiger partial charge in [-0.1, -0.05) is 6.07 Å². The van der Waals surface area contributed by atoms with Crippen molar-refractivity contribution in [3.05, 3.63) is 49.8 Å². The SMILES string of the molecule is O=c1[nH]c2cc(O)c([N+](=O)[O-])c(O)c2c2c3c(ccc12)C3. The number of nitro benzene ring substituents is 1. The zero-order valence-corrected chi connectivity index (χ0v) is 10.5. The molecule has 1 aliphatic carbocycles. The van der Waals surface area contributed by atoms with E-state index in [1.165, 1.54) is 0 Å². The molecule has 3 N–H and O–H groups in total. The van der Waals surface area contributed by atoms with Crippen molar-refractivity contribution < 1.29 is 15.1 Å². The Morgan fingerprint density at radius 3 is 2.71 bits per heavy atom. The first-order valence-electron chi connectivity index (χ1n) is 6.19. The van der Waals surface area contributed by atoms with Gasteiger partial charge in [-0.25, -0.2) is 0 Å². The molecule has 1 aromatic heterocycles. The molecule has 0 radical (unpaired) electrons. The Morgan fingerprint density at radius 1 is 1.24 bits per heavy atom. The summed E-state index contributed by atoms with van der Waals surface area (Å²) in [4.78, 5) is 24.7. The molecule has 2 aromatic carbocycles. The number of rotatable bonds is 1. The van der Waals surface area contributed by atoms with E-state index in [2.05, 4.69) is 4.98 Å². The predicted octanol–water partition coefficient (Wildman–Crippen LogP) is 1.90. The number of phenolic OH excluding ortho intramolecular Hbond substituents is 2. The summed E-state index contributed by atoms with van der Waals surface area (Å²) in [5.74, 6) is -1.31. The van der Waals surface area contributed by atoms with Crippen LogP contribution in [0, 0.1) is 10.1 Å². The largest absolute Gasteiger partial charge is 0.502 e. The van der Waals surface area contributed by atoms with Gasteiger partial charge < -0.3 is 15.2 Å². The van der Waals surface area contributed by atoms with Gasteiger partial charge in [0.05, 0.1) is 15.8 Å². The van der Waals surface area contributed by atoms with Crippen LogP contribution in [0.1, 0.15) is 11.1 Å². The second-order valence-corrected chi connectivity index (χ2v) is 5.03. The lowest BCUT2D eigenvalue weighted by atomic mass is 10.0. The van der Waals surface area contributed by atoms with E-state index in [1.54, 1.807) is 6.07 Å². The third-order valence-corrected chi connectivity index (χ3v) is 3.83. The van der Waals surface area contributed by atoms with E-state index < -0.39 is 22.1 Å². The lowest BCUT2D eigenvalue weighted by molar-refractivity contribution is -0.386. The fourth-order valence-corrected chi connectivity index (χ4v) is 2.83. The molecule has 0 bridgehead atoms. The molecule has 0 saturated heterocycles. The third kappa shape index (κ3) is 1.40. The molecular formula is C14H8N2O5. The zero-order chi connectivity index (χ0) is 14.9. The number of phenols is 2. The number of benzene rings is 2. The molecule has 4 rings (SSSR count). The highest BCUT2D eigenvalue weighted by Crippen LogP contribution is 2.46. The van der Waals surface area contributed by atoms with Crippen molar-refractivity contribution in [3.63, 3.8) is 0 Å². The minimum atomic E-state index is -0.845. The molecule has 0 spiro atoms. The molecule has 104 valence electrons. The van der Waals surface area contributed by atoms with Crippen molar-refractivity contribution >= 4 is 27.4 Å². The molecule has 3 aromatic rings. The van der Waals surface area contributed by atoms with Gasteiger partial charge in [-0.2, -0.15) is 0 Å². The Kier molecular flexibility index (Phi) is 1.96. The summed E-state index contributed by atoms with van der Waals surface area (Å²) in [6.45, 7) is 0. The van der Waals surface area contributed by atoms with Gasteiger partial charge in [-0.3, -0.25) is 14.9 Å². The van der Waals surface area contributed by atoms with E-state index in [4.69, 9.17) is 0 Å². The van der Waals surface area contributed by atoms with Crippen LogP contribution in [-0.4, -0.2) is 20.1 Å². The first kappa shape index (κ1) is 11.7. The maximum atomic E-state index is 12.1. The Morgan fingerprint density at radius 2 is 2.00 bits per heavy atom. The van der Waals surface area contributed by atoms with Crippen molar-refractivity contribution in [1.82, 2.24) is 4.98 Å². The Bertz CT molecular complexity index is 1040. The van der Waals surface area contributed by atoms with E-state index in [-0.39, 0.29) is 16.5 Å². The van der Waals surface area contributed by atoms with Crippen LogP contribution in [0.25, 0.3) is 21.7 Å². The van der Waals surface area contributed by atoms with Crippen molar-refractivity contribution in [2.45, 2.75) is 6.42 Å². The summed E-state index contributed by atoms with van der Waals surface area (Å²) in [5.41, 5.74) is 1.01. The van der Waals surface area contributed by atoms with Crippen LogP contribution < -0.4 is 5.56 Å². The maximum Gasteiger partial charge on any atom is 0.352 e. The average molecular weight is 284 g/mol. The van der Waals surface area contributed by atoms with Crippen molar-refractivity contribution in [2.24, 2.45) is 0 Å². The number of hydrogen-bond acceptors (Lipinski definition) is 5. The van der Waals surface area contributed by atoms with Gasteiger partial charge in [-0.15, -0.1) is 0 Å². The summed E-state index contributed by atoms with van der Waals surface area (Å²) < 4.78 is 0. The molecule has 7 nitrogen and oxygen atoms in total. The molecule has 0 unspecified atom stereocenters. The molecule has 0 atom stereocenters. The van der Waals surface area contributed by atoms with Crippen LogP contribution in [0.4, 0.5) is 5.69 Å². The first-order valence-corrected chi connectivity index (χ1v) is 6.19. The van der Waals surface area contributed by atoms with Gasteiger partial charge in [0.25, 0.3) is 5.56 Å². The highest BCUT2D eigenvalue weighted by Gasteiger charge is 2.29. The summed E-state index contributed by atoms with van der Waals surface area (Å²) in [5, 5.41) is 32.0. The normalized spacial score (nSPS) is 12.6. The van der Waals surface area contributed by atoms with Crippen molar-refractivity contribution in [2.75, 3.05) is 0 Å². The number of hydrogen-bond donors (Lipinski definition) is 3. The minimum absolute atomic E-state index is 0.174. The number of H-pyrrole nitrogens is 1. The zero-order valence-electron chi connectivity index (χ0n) is 10.5. The van der Waals surface area contributed by atoms with E-state index >= 15 is 0 Å². The van der Waals surface area contributed by atoms with Crippen molar-refractivity contribution in [3.8, 4) is 11.5 Å². The molecule has 0 fully saturated rings. The number of aromatic nitrogens is 1. The average Bonchev–Trinajstić information content (AvgIpc) is 3.16. The summed E-state index contributed by atoms with van der Waals surface area (Å²) in [7, 11) is 0. The Labute approximate surface area is 116 Å².